The summed E-state index contributed by atoms with van der Waals surface area (Å²) in [7, 11) is 0. The number of rotatable bonds is 1. The highest BCUT2D eigenvalue weighted by Crippen LogP contribution is 2.31. The maximum Gasteiger partial charge on any atom is 0.0606 e. The van der Waals surface area contributed by atoms with Gasteiger partial charge in [-0.1, -0.05) is 11.6 Å². The molecule has 3 aliphatic heterocycles. The highest BCUT2D eigenvalue weighted by atomic mass is 15.2. The average Bonchev–Trinajstić information content (AvgIpc) is 2.72. The van der Waals surface area contributed by atoms with Gasteiger partial charge in [-0.3, -0.25) is 5.32 Å². The minimum absolute atomic E-state index is 0.588. The van der Waals surface area contributed by atoms with Crippen molar-refractivity contribution < 1.29 is 0 Å². The van der Waals surface area contributed by atoms with Gasteiger partial charge in [-0.05, 0) is 45.1 Å². The van der Waals surface area contributed by atoms with E-state index >= 15 is 0 Å². The van der Waals surface area contributed by atoms with Gasteiger partial charge in [0, 0.05) is 18.6 Å². The number of piperidine rings is 1. The Morgan fingerprint density at radius 3 is 3.06 bits per heavy atom. The molecule has 0 radical (unpaired) electrons. The van der Waals surface area contributed by atoms with Gasteiger partial charge in [0.15, 0.2) is 0 Å². The van der Waals surface area contributed by atoms with E-state index in [2.05, 4.69) is 29.0 Å². The van der Waals surface area contributed by atoms with Crippen LogP contribution in [0.3, 0.4) is 0 Å². The van der Waals surface area contributed by atoms with Crippen LogP contribution >= 0.6 is 0 Å². The van der Waals surface area contributed by atoms with E-state index in [1.165, 1.54) is 32.2 Å². The number of hydrogen-bond donors (Lipinski definition) is 3. The van der Waals surface area contributed by atoms with E-state index in [9.17, 15) is 0 Å². The fourth-order valence-corrected chi connectivity index (χ4v) is 3.43. The molecule has 3 aliphatic rings. The smallest absolute Gasteiger partial charge is 0.0606 e. The Labute approximate surface area is 98.1 Å². The van der Waals surface area contributed by atoms with Gasteiger partial charge in [0.1, 0.15) is 0 Å². The SMILES string of the molecule is C[C@@H]1CC(C2CC3CCCNC3N2)=CCN1. The quantitative estimate of drug-likeness (QED) is 0.578. The second-order valence-electron chi connectivity index (χ2n) is 5.58. The first-order valence-electron chi connectivity index (χ1n) is 6.74. The molecule has 2 saturated heterocycles. The summed E-state index contributed by atoms with van der Waals surface area (Å²) in [5.41, 5.74) is 1.64. The van der Waals surface area contributed by atoms with Gasteiger partial charge in [-0.15, -0.1) is 0 Å². The second-order valence-corrected chi connectivity index (χ2v) is 5.58. The molecule has 0 aromatic carbocycles. The third-order valence-corrected chi connectivity index (χ3v) is 4.33. The van der Waals surface area contributed by atoms with Crippen molar-refractivity contribution in [3.05, 3.63) is 11.6 Å². The van der Waals surface area contributed by atoms with Crippen LogP contribution in [-0.4, -0.2) is 31.3 Å². The van der Waals surface area contributed by atoms with Gasteiger partial charge < -0.3 is 10.6 Å². The van der Waals surface area contributed by atoms with Crippen LogP contribution in [0.2, 0.25) is 0 Å². The Morgan fingerprint density at radius 2 is 2.25 bits per heavy atom. The van der Waals surface area contributed by atoms with Crippen molar-refractivity contribution in [3.63, 3.8) is 0 Å². The van der Waals surface area contributed by atoms with Crippen molar-refractivity contribution >= 4 is 0 Å². The van der Waals surface area contributed by atoms with Gasteiger partial charge in [0.2, 0.25) is 0 Å². The summed E-state index contributed by atoms with van der Waals surface area (Å²) in [6.45, 7) is 4.53. The summed E-state index contributed by atoms with van der Waals surface area (Å²) in [5.74, 6) is 0.866. The van der Waals surface area contributed by atoms with Crippen LogP contribution in [0.1, 0.15) is 32.6 Å². The van der Waals surface area contributed by atoms with Crippen LogP contribution in [0.15, 0.2) is 11.6 Å². The Bertz CT molecular complexity index is 273. The fraction of sp³-hybridized carbons (Fsp3) is 0.846. The summed E-state index contributed by atoms with van der Waals surface area (Å²) in [6, 6.07) is 1.29. The molecule has 3 heteroatoms. The molecule has 4 atom stereocenters. The lowest BCUT2D eigenvalue weighted by Crippen LogP contribution is -2.47. The van der Waals surface area contributed by atoms with Gasteiger partial charge in [0.05, 0.1) is 6.17 Å². The minimum Gasteiger partial charge on any atom is -0.310 e. The molecule has 0 aromatic heterocycles. The molecule has 3 heterocycles. The topological polar surface area (TPSA) is 36.1 Å². The van der Waals surface area contributed by atoms with E-state index in [1.54, 1.807) is 5.57 Å². The first-order chi connectivity index (χ1) is 7.83. The lowest BCUT2D eigenvalue weighted by Gasteiger charge is -2.26. The summed E-state index contributed by atoms with van der Waals surface area (Å²) in [5, 5.41) is 10.9. The summed E-state index contributed by atoms with van der Waals surface area (Å²) in [6.07, 6.45) is 8.31. The number of hydrogen-bond acceptors (Lipinski definition) is 3. The average molecular weight is 221 g/mol. The van der Waals surface area contributed by atoms with Crippen LogP contribution in [0.4, 0.5) is 0 Å². The first kappa shape index (κ1) is 10.8. The molecule has 0 aromatic rings. The third kappa shape index (κ3) is 2.04. The molecule has 3 unspecified atom stereocenters. The predicted octanol–water partition coefficient (Wildman–Crippen LogP) is 0.982. The van der Waals surface area contributed by atoms with Gasteiger partial charge in [-0.25, -0.2) is 0 Å². The van der Waals surface area contributed by atoms with E-state index < -0.39 is 0 Å². The van der Waals surface area contributed by atoms with Gasteiger partial charge in [-0.2, -0.15) is 0 Å². The molecule has 3 nitrogen and oxygen atoms in total. The fourth-order valence-electron chi connectivity index (χ4n) is 3.43. The number of nitrogens with one attached hydrogen (secondary N) is 3. The number of fused-ring (bicyclic) bond motifs is 1. The van der Waals surface area contributed by atoms with Crippen molar-refractivity contribution in [1.29, 1.82) is 0 Å². The maximum absolute atomic E-state index is 3.78. The minimum atomic E-state index is 0.588. The zero-order valence-corrected chi connectivity index (χ0v) is 10.1. The first-order valence-corrected chi connectivity index (χ1v) is 6.74. The molecule has 3 rings (SSSR count). The van der Waals surface area contributed by atoms with Crippen LogP contribution in [-0.2, 0) is 0 Å². The lowest BCUT2D eigenvalue weighted by molar-refractivity contribution is 0.300. The van der Waals surface area contributed by atoms with Crippen molar-refractivity contribution in [1.82, 2.24) is 16.0 Å². The highest BCUT2D eigenvalue weighted by molar-refractivity contribution is 5.19. The zero-order valence-electron chi connectivity index (χ0n) is 10.1. The van der Waals surface area contributed by atoms with Crippen molar-refractivity contribution in [2.75, 3.05) is 13.1 Å². The predicted molar refractivity (Wildman–Crippen MR) is 66.2 cm³/mol. The van der Waals surface area contributed by atoms with Crippen molar-refractivity contribution in [2.45, 2.75) is 50.9 Å². The Kier molecular flexibility index (Phi) is 3.01. The molecule has 90 valence electrons. The Balaban J connectivity index is 1.66. The molecule has 3 N–H and O–H groups in total. The molecule has 0 spiro atoms. The van der Waals surface area contributed by atoms with Gasteiger partial charge >= 0.3 is 0 Å². The van der Waals surface area contributed by atoms with E-state index in [1.807, 2.05) is 0 Å². The Morgan fingerprint density at radius 1 is 1.31 bits per heavy atom. The Hall–Kier alpha value is -0.380. The maximum atomic E-state index is 3.78. The zero-order chi connectivity index (χ0) is 11.0. The highest BCUT2D eigenvalue weighted by Gasteiger charge is 2.36. The summed E-state index contributed by atoms with van der Waals surface area (Å²) < 4.78 is 0. The molecule has 0 saturated carbocycles. The molecule has 2 fully saturated rings. The summed E-state index contributed by atoms with van der Waals surface area (Å²) in [4.78, 5) is 0. The van der Waals surface area contributed by atoms with Crippen LogP contribution < -0.4 is 16.0 Å². The molecular formula is C13H23N3. The lowest BCUT2D eigenvalue weighted by atomic mass is 9.90. The van der Waals surface area contributed by atoms with Crippen LogP contribution in [0.5, 0.6) is 0 Å². The van der Waals surface area contributed by atoms with Crippen molar-refractivity contribution in [3.8, 4) is 0 Å². The molecule has 16 heavy (non-hydrogen) atoms. The third-order valence-electron chi connectivity index (χ3n) is 4.33. The second kappa shape index (κ2) is 4.47. The van der Waals surface area contributed by atoms with Crippen LogP contribution in [0.25, 0.3) is 0 Å². The molecular weight excluding hydrogens is 198 g/mol. The monoisotopic (exact) mass is 221 g/mol. The van der Waals surface area contributed by atoms with E-state index in [4.69, 9.17) is 0 Å². The van der Waals surface area contributed by atoms with E-state index in [0.717, 1.165) is 12.5 Å². The molecule has 0 bridgehead atoms. The van der Waals surface area contributed by atoms with E-state index in [-0.39, 0.29) is 0 Å². The standard InChI is InChI=1S/C13H23N3/c1-9-7-10(4-6-14-9)12-8-11-3-2-5-15-13(11)16-12/h4,9,11-16H,2-3,5-8H2,1H3/t9-,11?,12?,13?/m1/s1. The van der Waals surface area contributed by atoms with E-state index in [0.29, 0.717) is 18.2 Å². The van der Waals surface area contributed by atoms with Crippen LogP contribution in [0, 0.1) is 5.92 Å². The van der Waals surface area contributed by atoms with Gasteiger partial charge in [0.25, 0.3) is 0 Å². The largest absolute Gasteiger partial charge is 0.310 e. The molecule has 0 aliphatic carbocycles. The molecule has 0 amide bonds. The van der Waals surface area contributed by atoms with Crippen molar-refractivity contribution in [2.24, 2.45) is 5.92 Å². The normalized spacial score (nSPS) is 43.9. The summed E-state index contributed by atoms with van der Waals surface area (Å²) >= 11 is 0.